The molecule has 0 saturated carbocycles. The number of benzene rings is 1. The van der Waals surface area contributed by atoms with Crippen molar-refractivity contribution in [3.63, 3.8) is 0 Å². The average molecular weight is 301 g/mol. The lowest BCUT2D eigenvalue weighted by Crippen LogP contribution is -2.03. The first-order chi connectivity index (χ1) is 10.1. The van der Waals surface area contributed by atoms with Crippen LogP contribution in [-0.4, -0.2) is 14.6 Å². The third-order valence-corrected chi connectivity index (χ3v) is 3.65. The van der Waals surface area contributed by atoms with E-state index in [1.165, 1.54) is 5.56 Å². The van der Waals surface area contributed by atoms with Crippen LogP contribution in [0.1, 0.15) is 31.0 Å². The number of fused-ring (bicyclic) bond motifs is 1. The maximum absolute atomic E-state index is 6.16. The molecule has 3 aromatic rings. The van der Waals surface area contributed by atoms with Crippen molar-refractivity contribution in [1.29, 1.82) is 0 Å². The SMILES string of the molecule is Cc1ccccc1Nc1cc(Cl)nn2c(C(C)C)cnc12. The maximum Gasteiger partial charge on any atom is 0.177 e. The Kier molecular flexibility index (Phi) is 3.55. The molecule has 2 aromatic heterocycles. The number of anilines is 2. The standard InChI is InChI=1S/C16H17ClN4/c1-10(2)14-9-18-16-13(8-15(17)20-21(14)16)19-12-7-5-4-6-11(12)3/h4-10,19H,1-3H3. The normalized spacial score (nSPS) is 11.3. The summed E-state index contributed by atoms with van der Waals surface area (Å²) >= 11 is 6.16. The molecule has 0 fully saturated rings. The molecule has 0 atom stereocenters. The summed E-state index contributed by atoms with van der Waals surface area (Å²) in [6.45, 7) is 6.29. The maximum atomic E-state index is 6.16. The van der Waals surface area contributed by atoms with Gasteiger partial charge in [0.1, 0.15) is 0 Å². The summed E-state index contributed by atoms with van der Waals surface area (Å²) in [6, 6.07) is 9.92. The first kappa shape index (κ1) is 13.9. The zero-order valence-electron chi connectivity index (χ0n) is 12.3. The van der Waals surface area contributed by atoms with Crippen LogP contribution >= 0.6 is 11.6 Å². The quantitative estimate of drug-likeness (QED) is 0.771. The molecule has 2 heterocycles. The van der Waals surface area contributed by atoms with Gasteiger partial charge in [0.25, 0.3) is 0 Å². The molecule has 1 N–H and O–H groups in total. The summed E-state index contributed by atoms with van der Waals surface area (Å²) in [6.07, 6.45) is 1.85. The molecule has 0 bridgehead atoms. The highest BCUT2D eigenvalue weighted by atomic mass is 35.5. The number of para-hydroxylation sites is 1. The molecule has 1 aromatic carbocycles. The Morgan fingerprint density at radius 3 is 2.67 bits per heavy atom. The number of nitrogens with one attached hydrogen (secondary N) is 1. The van der Waals surface area contributed by atoms with Crippen LogP contribution in [0.4, 0.5) is 11.4 Å². The summed E-state index contributed by atoms with van der Waals surface area (Å²) in [4.78, 5) is 4.49. The van der Waals surface area contributed by atoms with Crippen LogP contribution in [0.15, 0.2) is 36.5 Å². The van der Waals surface area contributed by atoms with Gasteiger partial charge in [0.05, 0.1) is 17.6 Å². The van der Waals surface area contributed by atoms with E-state index in [1.54, 1.807) is 6.07 Å². The molecule has 0 aliphatic rings. The van der Waals surface area contributed by atoms with Gasteiger partial charge in [-0.3, -0.25) is 0 Å². The molecule has 108 valence electrons. The molecular weight excluding hydrogens is 284 g/mol. The van der Waals surface area contributed by atoms with Gasteiger partial charge in [0.2, 0.25) is 0 Å². The number of hydrogen-bond donors (Lipinski definition) is 1. The van der Waals surface area contributed by atoms with Gasteiger partial charge in [-0.2, -0.15) is 5.10 Å². The Morgan fingerprint density at radius 1 is 1.19 bits per heavy atom. The molecule has 21 heavy (non-hydrogen) atoms. The summed E-state index contributed by atoms with van der Waals surface area (Å²) < 4.78 is 1.81. The summed E-state index contributed by atoms with van der Waals surface area (Å²) in [5, 5.41) is 8.20. The minimum absolute atomic E-state index is 0.331. The van der Waals surface area contributed by atoms with E-state index < -0.39 is 0 Å². The number of hydrogen-bond acceptors (Lipinski definition) is 3. The minimum Gasteiger partial charge on any atom is -0.352 e. The van der Waals surface area contributed by atoms with Gasteiger partial charge in [0, 0.05) is 11.8 Å². The monoisotopic (exact) mass is 300 g/mol. The summed E-state index contributed by atoms with van der Waals surface area (Å²) in [5.41, 5.74) is 4.89. The fourth-order valence-corrected chi connectivity index (χ4v) is 2.48. The van der Waals surface area contributed by atoms with E-state index in [4.69, 9.17) is 11.6 Å². The third-order valence-electron chi connectivity index (χ3n) is 3.47. The highest BCUT2D eigenvalue weighted by Gasteiger charge is 2.13. The Labute approximate surface area is 128 Å². The van der Waals surface area contributed by atoms with Crippen molar-refractivity contribution < 1.29 is 0 Å². The van der Waals surface area contributed by atoms with Gasteiger partial charge >= 0.3 is 0 Å². The summed E-state index contributed by atoms with van der Waals surface area (Å²) in [7, 11) is 0. The van der Waals surface area contributed by atoms with Crippen molar-refractivity contribution >= 4 is 28.6 Å². The zero-order chi connectivity index (χ0) is 15.0. The largest absolute Gasteiger partial charge is 0.352 e. The average Bonchev–Trinajstić information content (AvgIpc) is 2.85. The molecule has 0 radical (unpaired) electrons. The minimum atomic E-state index is 0.331. The van der Waals surface area contributed by atoms with Crippen molar-refractivity contribution in [1.82, 2.24) is 14.6 Å². The molecule has 3 rings (SSSR count). The van der Waals surface area contributed by atoms with E-state index in [9.17, 15) is 0 Å². The molecule has 0 aliphatic carbocycles. The van der Waals surface area contributed by atoms with Gasteiger partial charge < -0.3 is 5.32 Å². The molecule has 0 amide bonds. The number of aryl methyl sites for hydroxylation is 1. The fourth-order valence-electron chi connectivity index (χ4n) is 2.30. The highest BCUT2D eigenvalue weighted by Crippen LogP contribution is 2.27. The lowest BCUT2D eigenvalue weighted by atomic mass is 10.1. The molecule has 0 saturated heterocycles. The second kappa shape index (κ2) is 5.37. The first-order valence-corrected chi connectivity index (χ1v) is 7.31. The number of imidazole rings is 1. The van der Waals surface area contributed by atoms with Crippen LogP contribution in [0.25, 0.3) is 5.65 Å². The van der Waals surface area contributed by atoms with Crippen LogP contribution in [0, 0.1) is 6.92 Å². The first-order valence-electron chi connectivity index (χ1n) is 6.93. The van der Waals surface area contributed by atoms with Gasteiger partial charge in [-0.1, -0.05) is 43.6 Å². The second-order valence-corrected chi connectivity index (χ2v) is 5.78. The lowest BCUT2D eigenvalue weighted by molar-refractivity contribution is 0.760. The predicted octanol–water partition coefficient (Wildman–Crippen LogP) is 4.56. The molecular formula is C16H17ClN4. The van der Waals surface area contributed by atoms with E-state index in [-0.39, 0.29) is 0 Å². The van der Waals surface area contributed by atoms with Crippen LogP contribution in [0.3, 0.4) is 0 Å². The number of aromatic nitrogens is 3. The van der Waals surface area contributed by atoms with Crippen LogP contribution in [-0.2, 0) is 0 Å². The van der Waals surface area contributed by atoms with E-state index >= 15 is 0 Å². The van der Waals surface area contributed by atoms with Crippen molar-refractivity contribution in [2.24, 2.45) is 0 Å². The smallest absolute Gasteiger partial charge is 0.177 e. The van der Waals surface area contributed by atoms with Crippen molar-refractivity contribution in [2.75, 3.05) is 5.32 Å². The molecule has 0 spiro atoms. The lowest BCUT2D eigenvalue weighted by Gasteiger charge is -2.11. The topological polar surface area (TPSA) is 42.2 Å². The van der Waals surface area contributed by atoms with E-state index in [2.05, 4.69) is 42.2 Å². The van der Waals surface area contributed by atoms with Crippen LogP contribution in [0.5, 0.6) is 0 Å². The molecule has 0 aliphatic heterocycles. The Morgan fingerprint density at radius 2 is 1.95 bits per heavy atom. The fraction of sp³-hybridized carbons (Fsp3) is 0.250. The molecule has 4 nitrogen and oxygen atoms in total. The second-order valence-electron chi connectivity index (χ2n) is 5.39. The van der Waals surface area contributed by atoms with E-state index in [0.29, 0.717) is 11.1 Å². The van der Waals surface area contributed by atoms with E-state index in [0.717, 1.165) is 22.7 Å². The Hall–Kier alpha value is -2.07. The summed E-state index contributed by atoms with van der Waals surface area (Å²) in [5.74, 6) is 0.331. The van der Waals surface area contributed by atoms with Gasteiger partial charge in [0.15, 0.2) is 10.8 Å². The van der Waals surface area contributed by atoms with Crippen molar-refractivity contribution in [2.45, 2.75) is 26.7 Å². The molecule has 5 heteroatoms. The van der Waals surface area contributed by atoms with Gasteiger partial charge in [-0.15, -0.1) is 0 Å². The van der Waals surface area contributed by atoms with Crippen LogP contribution < -0.4 is 5.32 Å². The zero-order valence-corrected chi connectivity index (χ0v) is 13.0. The number of nitrogens with zero attached hydrogens (tertiary/aromatic N) is 3. The number of halogens is 1. The highest BCUT2D eigenvalue weighted by molar-refractivity contribution is 6.29. The van der Waals surface area contributed by atoms with Crippen LogP contribution in [0.2, 0.25) is 5.15 Å². The third kappa shape index (κ3) is 2.59. The van der Waals surface area contributed by atoms with Gasteiger partial charge in [-0.25, -0.2) is 9.50 Å². The number of rotatable bonds is 3. The van der Waals surface area contributed by atoms with Gasteiger partial charge in [-0.05, 0) is 24.5 Å². The predicted molar refractivity (Wildman–Crippen MR) is 86.5 cm³/mol. The Balaban J connectivity index is 2.13. The Bertz CT molecular complexity index is 792. The molecule has 0 unspecified atom stereocenters. The van der Waals surface area contributed by atoms with Crippen molar-refractivity contribution in [3.05, 3.63) is 52.9 Å². The van der Waals surface area contributed by atoms with E-state index in [1.807, 2.05) is 28.9 Å². The van der Waals surface area contributed by atoms with Crippen molar-refractivity contribution in [3.8, 4) is 0 Å².